The SMILES string of the molecule is Cc1ccc(OCC(=O)N(Cc2ccc(Cl)c(Cl)c2)C(Cc2ccccc2)C(=O)NC2CCCCC2)cc1C. The molecule has 0 bridgehead atoms. The Morgan fingerprint density at radius 1 is 0.897 bits per heavy atom. The zero-order valence-electron chi connectivity index (χ0n) is 22.6. The second-order valence-electron chi connectivity index (χ2n) is 10.4. The summed E-state index contributed by atoms with van der Waals surface area (Å²) in [5.74, 6) is 0.191. The molecule has 1 aliphatic carbocycles. The van der Waals surface area contributed by atoms with E-state index in [1.54, 1.807) is 17.0 Å². The van der Waals surface area contributed by atoms with E-state index >= 15 is 0 Å². The Balaban J connectivity index is 1.63. The highest BCUT2D eigenvalue weighted by Crippen LogP contribution is 2.25. The average Bonchev–Trinajstić information content (AvgIpc) is 2.94. The molecule has 1 aliphatic rings. The van der Waals surface area contributed by atoms with Gasteiger partial charge in [-0.15, -0.1) is 0 Å². The predicted molar refractivity (Wildman–Crippen MR) is 157 cm³/mol. The van der Waals surface area contributed by atoms with E-state index in [-0.39, 0.29) is 31.0 Å². The molecule has 1 saturated carbocycles. The van der Waals surface area contributed by atoms with Gasteiger partial charge in [0.1, 0.15) is 11.8 Å². The van der Waals surface area contributed by atoms with Crippen molar-refractivity contribution < 1.29 is 14.3 Å². The van der Waals surface area contributed by atoms with Crippen LogP contribution in [0.5, 0.6) is 5.75 Å². The Hall–Kier alpha value is -3.02. The lowest BCUT2D eigenvalue weighted by atomic mass is 9.94. The van der Waals surface area contributed by atoms with Gasteiger partial charge in [0.25, 0.3) is 5.91 Å². The van der Waals surface area contributed by atoms with Crippen LogP contribution in [-0.4, -0.2) is 35.4 Å². The average molecular weight is 568 g/mol. The summed E-state index contributed by atoms with van der Waals surface area (Å²) in [4.78, 5) is 29.3. The number of hydrogen-bond donors (Lipinski definition) is 1. The van der Waals surface area contributed by atoms with Crippen molar-refractivity contribution in [3.63, 3.8) is 0 Å². The number of halogens is 2. The summed E-state index contributed by atoms with van der Waals surface area (Å²) in [5, 5.41) is 4.09. The largest absolute Gasteiger partial charge is 0.484 e. The normalized spacial score (nSPS) is 14.5. The van der Waals surface area contributed by atoms with Crippen molar-refractivity contribution in [3.8, 4) is 5.75 Å². The minimum Gasteiger partial charge on any atom is -0.484 e. The molecule has 2 amide bonds. The summed E-state index contributed by atoms with van der Waals surface area (Å²) < 4.78 is 5.93. The molecular formula is C32H36Cl2N2O3. The van der Waals surface area contributed by atoms with Gasteiger partial charge in [-0.2, -0.15) is 0 Å². The van der Waals surface area contributed by atoms with E-state index in [4.69, 9.17) is 27.9 Å². The summed E-state index contributed by atoms with van der Waals surface area (Å²) in [6.07, 6.45) is 5.70. The fraction of sp³-hybridized carbons (Fsp3) is 0.375. The van der Waals surface area contributed by atoms with Crippen molar-refractivity contribution in [1.82, 2.24) is 10.2 Å². The van der Waals surface area contributed by atoms with Crippen molar-refractivity contribution in [1.29, 1.82) is 0 Å². The van der Waals surface area contributed by atoms with Crippen LogP contribution < -0.4 is 10.1 Å². The van der Waals surface area contributed by atoms with Gasteiger partial charge in [0.15, 0.2) is 6.61 Å². The minimum atomic E-state index is -0.723. The molecule has 1 N–H and O–H groups in total. The maximum Gasteiger partial charge on any atom is 0.261 e. The first-order chi connectivity index (χ1) is 18.8. The number of benzene rings is 3. The molecule has 0 saturated heterocycles. The summed E-state index contributed by atoms with van der Waals surface area (Å²) in [5.41, 5.74) is 3.99. The summed E-state index contributed by atoms with van der Waals surface area (Å²) >= 11 is 12.5. The third-order valence-electron chi connectivity index (χ3n) is 7.40. The van der Waals surface area contributed by atoms with Gasteiger partial charge in [-0.05, 0) is 73.2 Å². The fourth-order valence-corrected chi connectivity index (χ4v) is 5.29. The van der Waals surface area contributed by atoms with E-state index in [9.17, 15) is 9.59 Å². The van der Waals surface area contributed by atoms with Gasteiger partial charge < -0.3 is 15.0 Å². The van der Waals surface area contributed by atoms with Crippen LogP contribution in [0.1, 0.15) is 54.4 Å². The van der Waals surface area contributed by atoms with E-state index in [2.05, 4.69) is 5.32 Å². The molecule has 5 nitrogen and oxygen atoms in total. The van der Waals surface area contributed by atoms with Gasteiger partial charge in [0.2, 0.25) is 5.91 Å². The Bertz CT molecular complexity index is 1280. The predicted octanol–water partition coefficient (Wildman–Crippen LogP) is 7.08. The molecule has 4 rings (SSSR count). The third-order valence-corrected chi connectivity index (χ3v) is 8.14. The maximum atomic E-state index is 13.8. The molecule has 7 heteroatoms. The van der Waals surface area contributed by atoms with E-state index in [1.165, 1.54) is 6.42 Å². The molecule has 39 heavy (non-hydrogen) atoms. The second-order valence-corrected chi connectivity index (χ2v) is 11.2. The van der Waals surface area contributed by atoms with E-state index < -0.39 is 6.04 Å². The molecule has 0 aromatic heterocycles. The lowest BCUT2D eigenvalue weighted by Gasteiger charge is -2.33. The molecule has 1 unspecified atom stereocenters. The van der Waals surface area contributed by atoms with Crippen LogP contribution in [0.15, 0.2) is 66.7 Å². The second kappa shape index (κ2) is 13.9. The molecule has 1 fully saturated rings. The number of ether oxygens (including phenoxy) is 1. The number of carbonyl (C=O) groups is 2. The van der Waals surface area contributed by atoms with Gasteiger partial charge in [-0.3, -0.25) is 9.59 Å². The van der Waals surface area contributed by atoms with Crippen LogP contribution in [0.25, 0.3) is 0 Å². The molecule has 3 aromatic rings. The van der Waals surface area contributed by atoms with Gasteiger partial charge in [0, 0.05) is 19.0 Å². The van der Waals surface area contributed by atoms with Crippen LogP contribution >= 0.6 is 23.2 Å². The molecule has 0 spiro atoms. The number of carbonyl (C=O) groups excluding carboxylic acids is 2. The number of amides is 2. The van der Waals surface area contributed by atoms with E-state index in [0.29, 0.717) is 22.2 Å². The topological polar surface area (TPSA) is 58.6 Å². The number of nitrogens with one attached hydrogen (secondary N) is 1. The molecular weight excluding hydrogens is 531 g/mol. The Labute approximate surface area is 241 Å². The number of nitrogens with zero attached hydrogens (tertiary/aromatic N) is 1. The van der Waals surface area contributed by atoms with E-state index in [1.807, 2.05) is 68.4 Å². The molecule has 3 aromatic carbocycles. The van der Waals surface area contributed by atoms with Crippen LogP contribution in [-0.2, 0) is 22.6 Å². The van der Waals surface area contributed by atoms with Crippen LogP contribution in [0.2, 0.25) is 10.0 Å². The van der Waals surface area contributed by atoms with Crippen molar-refractivity contribution in [3.05, 3.63) is 99.0 Å². The first kappa shape index (κ1) is 29.0. The highest BCUT2D eigenvalue weighted by Gasteiger charge is 2.32. The number of hydrogen-bond acceptors (Lipinski definition) is 3. The van der Waals surface area contributed by atoms with Crippen molar-refractivity contribution >= 4 is 35.0 Å². The van der Waals surface area contributed by atoms with Crippen LogP contribution in [0.4, 0.5) is 0 Å². The monoisotopic (exact) mass is 566 g/mol. The summed E-state index contributed by atoms with van der Waals surface area (Å²) in [6.45, 7) is 4.04. The van der Waals surface area contributed by atoms with Gasteiger partial charge in [0.05, 0.1) is 10.0 Å². The summed E-state index contributed by atoms with van der Waals surface area (Å²) in [7, 11) is 0. The number of aryl methyl sites for hydroxylation is 2. The standard InChI is InChI=1S/C32H36Cl2N2O3/c1-22-13-15-27(17-23(22)2)39-21-31(37)36(20-25-14-16-28(33)29(34)18-25)30(19-24-9-5-3-6-10-24)32(38)35-26-11-7-4-8-12-26/h3,5-6,9-10,13-18,26,30H,4,7-8,11-12,19-21H2,1-2H3,(H,35,38). The van der Waals surface area contributed by atoms with Crippen LogP contribution in [0, 0.1) is 13.8 Å². The van der Waals surface area contributed by atoms with Crippen LogP contribution in [0.3, 0.4) is 0 Å². The highest BCUT2D eigenvalue weighted by molar-refractivity contribution is 6.42. The molecule has 206 valence electrons. The minimum absolute atomic E-state index is 0.123. The molecule has 0 aliphatic heterocycles. The first-order valence-electron chi connectivity index (χ1n) is 13.6. The lowest BCUT2D eigenvalue weighted by Crippen LogP contribution is -2.53. The Kier molecular flexibility index (Phi) is 10.3. The maximum absolute atomic E-state index is 13.8. The smallest absolute Gasteiger partial charge is 0.261 e. The lowest BCUT2D eigenvalue weighted by molar-refractivity contribution is -0.143. The zero-order valence-corrected chi connectivity index (χ0v) is 24.1. The Morgan fingerprint density at radius 2 is 1.64 bits per heavy atom. The number of rotatable bonds is 10. The Morgan fingerprint density at radius 3 is 2.33 bits per heavy atom. The van der Waals surface area contributed by atoms with Gasteiger partial charge in [-0.1, -0.05) is 84.9 Å². The van der Waals surface area contributed by atoms with Gasteiger partial charge in [-0.25, -0.2) is 0 Å². The van der Waals surface area contributed by atoms with Gasteiger partial charge >= 0.3 is 0 Å². The molecule has 0 heterocycles. The quantitative estimate of drug-likeness (QED) is 0.285. The highest BCUT2D eigenvalue weighted by atomic mass is 35.5. The van der Waals surface area contributed by atoms with E-state index in [0.717, 1.165) is 47.9 Å². The van der Waals surface area contributed by atoms with Crippen molar-refractivity contribution in [2.45, 2.75) is 71.0 Å². The molecule has 0 radical (unpaired) electrons. The summed E-state index contributed by atoms with van der Waals surface area (Å²) in [6, 6.07) is 20.2. The fourth-order valence-electron chi connectivity index (χ4n) is 4.96. The zero-order chi connectivity index (χ0) is 27.8. The third kappa shape index (κ3) is 8.23. The van der Waals surface area contributed by atoms with Crippen molar-refractivity contribution in [2.75, 3.05) is 6.61 Å². The first-order valence-corrected chi connectivity index (χ1v) is 14.3. The van der Waals surface area contributed by atoms with Crippen molar-refractivity contribution in [2.24, 2.45) is 0 Å². The molecule has 1 atom stereocenters.